The normalized spacial score (nSPS) is 16.6. The van der Waals surface area contributed by atoms with Crippen LogP contribution < -0.4 is 10.9 Å². The molecule has 0 bridgehead atoms. The zero-order chi connectivity index (χ0) is 21.3. The van der Waals surface area contributed by atoms with Crippen LogP contribution in [0.2, 0.25) is 0 Å². The Morgan fingerprint density at radius 1 is 1.27 bits per heavy atom. The summed E-state index contributed by atoms with van der Waals surface area (Å²) in [5, 5.41) is 4.65. The summed E-state index contributed by atoms with van der Waals surface area (Å²) in [6, 6.07) is 5.98. The Balaban J connectivity index is 1.32. The number of anilines is 1. The van der Waals surface area contributed by atoms with Crippen molar-refractivity contribution in [2.24, 2.45) is 0 Å². The number of benzene rings is 1. The number of fused-ring (bicyclic) bond motifs is 1. The Morgan fingerprint density at radius 2 is 2.03 bits per heavy atom. The zero-order valence-electron chi connectivity index (χ0n) is 17.0. The minimum atomic E-state index is -0.331. The van der Waals surface area contributed by atoms with E-state index in [1.165, 1.54) is 17.4 Å². The minimum absolute atomic E-state index is 0.0623. The molecule has 1 aliphatic rings. The minimum Gasteiger partial charge on any atom is -0.325 e. The Bertz CT molecular complexity index is 1120. The quantitative estimate of drug-likeness (QED) is 0.674. The van der Waals surface area contributed by atoms with Crippen LogP contribution in [0, 0.1) is 12.7 Å². The predicted octanol–water partition coefficient (Wildman–Crippen LogP) is 2.35. The van der Waals surface area contributed by atoms with Crippen molar-refractivity contribution in [3.8, 4) is 0 Å². The number of carbonyl (C=O) groups is 1. The third-order valence-electron chi connectivity index (χ3n) is 5.52. The van der Waals surface area contributed by atoms with E-state index in [2.05, 4.69) is 20.1 Å². The maximum atomic E-state index is 13.7. The number of amides is 1. The van der Waals surface area contributed by atoms with Gasteiger partial charge < -0.3 is 5.32 Å². The van der Waals surface area contributed by atoms with E-state index in [0.29, 0.717) is 22.8 Å². The molecule has 0 aliphatic carbocycles. The fraction of sp³-hybridized carbons (Fsp3) is 0.381. The number of halogens is 1. The monoisotopic (exact) mass is 429 g/mol. The highest BCUT2D eigenvalue weighted by Crippen LogP contribution is 2.16. The van der Waals surface area contributed by atoms with Crippen molar-refractivity contribution in [1.29, 1.82) is 0 Å². The largest absolute Gasteiger partial charge is 0.325 e. The van der Waals surface area contributed by atoms with Gasteiger partial charge in [0.2, 0.25) is 5.91 Å². The van der Waals surface area contributed by atoms with Crippen molar-refractivity contribution >= 4 is 27.9 Å². The first-order valence-electron chi connectivity index (χ1n) is 9.90. The van der Waals surface area contributed by atoms with Crippen molar-refractivity contribution in [3.63, 3.8) is 0 Å². The molecule has 1 N–H and O–H groups in total. The van der Waals surface area contributed by atoms with E-state index in [1.54, 1.807) is 35.7 Å². The lowest BCUT2D eigenvalue weighted by Crippen LogP contribution is -2.52. The van der Waals surface area contributed by atoms with Crippen molar-refractivity contribution < 1.29 is 9.18 Å². The highest BCUT2D eigenvalue weighted by atomic mass is 32.1. The Morgan fingerprint density at radius 3 is 2.77 bits per heavy atom. The highest BCUT2D eigenvalue weighted by molar-refractivity contribution is 7.15. The van der Waals surface area contributed by atoms with Gasteiger partial charge in [0.15, 0.2) is 4.96 Å². The van der Waals surface area contributed by atoms with Gasteiger partial charge in [0.05, 0.1) is 11.7 Å². The molecule has 1 aliphatic heterocycles. The van der Waals surface area contributed by atoms with Crippen LogP contribution in [0.5, 0.6) is 0 Å². The van der Waals surface area contributed by atoms with Gasteiger partial charge in [-0.3, -0.25) is 23.8 Å². The van der Waals surface area contributed by atoms with Crippen LogP contribution in [0.4, 0.5) is 10.1 Å². The topological polar surface area (TPSA) is 70.0 Å². The summed E-state index contributed by atoms with van der Waals surface area (Å²) in [4.78, 5) is 34.3. The van der Waals surface area contributed by atoms with Crippen molar-refractivity contribution in [2.45, 2.75) is 26.4 Å². The molecule has 0 saturated carbocycles. The lowest BCUT2D eigenvalue weighted by atomic mass is 10.2. The molecular formula is C21H24FN5O2S. The fourth-order valence-electron chi connectivity index (χ4n) is 3.59. The molecule has 2 aromatic heterocycles. The molecule has 1 aromatic carbocycles. The fourth-order valence-corrected chi connectivity index (χ4v) is 4.33. The summed E-state index contributed by atoms with van der Waals surface area (Å²) in [6.45, 7) is 7.19. The van der Waals surface area contributed by atoms with Crippen LogP contribution >= 0.6 is 11.3 Å². The third-order valence-corrected chi connectivity index (χ3v) is 6.27. The molecule has 1 atom stereocenters. The molecule has 9 heteroatoms. The van der Waals surface area contributed by atoms with Gasteiger partial charge in [0.25, 0.3) is 5.56 Å². The number of carbonyl (C=O) groups excluding carboxylic acids is 1. The number of aryl methyl sites for hydroxylation is 1. The van der Waals surface area contributed by atoms with Crippen LogP contribution in [0.15, 0.2) is 40.6 Å². The third kappa shape index (κ3) is 4.43. The molecule has 1 saturated heterocycles. The summed E-state index contributed by atoms with van der Waals surface area (Å²) in [6.07, 6.45) is 1.73. The lowest BCUT2D eigenvalue weighted by Gasteiger charge is -2.37. The molecule has 4 rings (SSSR count). The molecule has 158 valence electrons. The molecule has 1 unspecified atom stereocenters. The van der Waals surface area contributed by atoms with Crippen molar-refractivity contribution in [2.75, 3.05) is 31.5 Å². The SMILES string of the molecule is Cc1ccc(NC(=O)C(C)N2CCN(Cc3cc(=O)n4ccsc4n3)CC2)cc1F. The standard InChI is InChI=1S/C21H24FN5O2S/c1-14-3-4-16(11-18(14)22)23-20(29)15(2)26-7-5-25(6-8-26)13-17-12-19(28)27-9-10-30-21(27)24-17/h3-4,9-12,15H,5-8,13H2,1-2H3,(H,23,29). The molecular weight excluding hydrogens is 405 g/mol. The van der Waals surface area contributed by atoms with E-state index in [-0.39, 0.29) is 23.3 Å². The van der Waals surface area contributed by atoms with E-state index in [9.17, 15) is 14.0 Å². The lowest BCUT2D eigenvalue weighted by molar-refractivity contribution is -0.121. The summed E-state index contributed by atoms with van der Waals surface area (Å²) in [5.74, 6) is -0.479. The van der Waals surface area contributed by atoms with Gasteiger partial charge in [-0.15, -0.1) is 11.3 Å². The number of hydrogen-bond donors (Lipinski definition) is 1. The number of hydrogen-bond acceptors (Lipinski definition) is 6. The summed E-state index contributed by atoms with van der Waals surface area (Å²) < 4.78 is 15.3. The maximum Gasteiger partial charge on any atom is 0.258 e. The molecule has 30 heavy (non-hydrogen) atoms. The molecule has 3 heterocycles. The van der Waals surface area contributed by atoms with E-state index < -0.39 is 0 Å². The van der Waals surface area contributed by atoms with Gasteiger partial charge in [-0.05, 0) is 31.5 Å². The zero-order valence-corrected chi connectivity index (χ0v) is 17.8. The van der Waals surface area contributed by atoms with Gasteiger partial charge in [-0.1, -0.05) is 6.07 Å². The number of thiazole rings is 1. The van der Waals surface area contributed by atoms with Crippen LogP contribution in [0.3, 0.4) is 0 Å². The van der Waals surface area contributed by atoms with Crippen LogP contribution in [-0.4, -0.2) is 57.3 Å². The second-order valence-corrected chi connectivity index (χ2v) is 8.46. The van der Waals surface area contributed by atoms with Gasteiger partial charge in [-0.25, -0.2) is 9.37 Å². The molecule has 1 amide bonds. The molecule has 7 nitrogen and oxygen atoms in total. The molecule has 0 spiro atoms. The smallest absolute Gasteiger partial charge is 0.258 e. The van der Waals surface area contributed by atoms with E-state index in [0.717, 1.165) is 31.9 Å². The van der Waals surface area contributed by atoms with Gasteiger partial charge in [0, 0.05) is 56.1 Å². The van der Waals surface area contributed by atoms with Crippen LogP contribution in [0.1, 0.15) is 18.2 Å². The molecule has 1 fully saturated rings. The summed E-state index contributed by atoms with van der Waals surface area (Å²) >= 11 is 1.44. The van der Waals surface area contributed by atoms with E-state index in [1.807, 2.05) is 12.3 Å². The van der Waals surface area contributed by atoms with Gasteiger partial charge in [0.1, 0.15) is 5.82 Å². The number of nitrogens with zero attached hydrogens (tertiary/aromatic N) is 4. The summed E-state index contributed by atoms with van der Waals surface area (Å²) in [7, 11) is 0. The van der Waals surface area contributed by atoms with E-state index in [4.69, 9.17) is 0 Å². The first-order valence-corrected chi connectivity index (χ1v) is 10.8. The predicted molar refractivity (Wildman–Crippen MR) is 115 cm³/mol. The Labute approximate surface area is 177 Å². The van der Waals surface area contributed by atoms with Gasteiger partial charge >= 0.3 is 0 Å². The number of piperazine rings is 1. The number of aromatic nitrogens is 2. The Kier molecular flexibility index (Phi) is 5.94. The van der Waals surface area contributed by atoms with Gasteiger partial charge in [-0.2, -0.15) is 0 Å². The first-order chi connectivity index (χ1) is 14.4. The average molecular weight is 430 g/mol. The average Bonchev–Trinajstić information content (AvgIpc) is 3.20. The van der Waals surface area contributed by atoms with E-state index >= 15 is 0 Å². The van der Waals surface area contributed by atoms with Crippen molar-refractivity contribution in [1.82, 2.24) is 19.2 Å². The number of nitrogens with one attached hydrogen (secondary N) is 1. The summed E-state index contributed by atoms with van der Waals surface area (Å²) in [5.41, 5.74) is 1.72. The Hall–Kier alpha value is -2.62. The van der Waals surface area contributed by atoms with Crippen LogP contribution in [0.25, 0.3) is 4.96 Å². The molecule has 3 aromatic rings. The molecule has 0 radical (unpaired) electrons. The second kappa shape index (κ2) is 8.63. The first kappa shape index (κ1) is 20.6. The second-order valence-electron chi connectivity index (χ2n) is 7.58. The number of rotatable bonds is 5. The highest BCUT2D eigenvalue weighted by Gasteiger charge is 2.26. The van der Waals surface area contributed by atoms with Crippen LogP contribution in [-0.2, 0) is 11.3 Å². The maximum absolute atomic E-state index is 13.7. The van der Waals surface area contributed by atoms with Crippen molar-refractivity contribution in [3.05, 3.63) is 63.3 Å².